The Hall–Kier alpha value is -1.25. The van der Waals surface area contributed by atoms with Gasteiger partial charge in [0, 0.05) is 10.6 Å². The second-order valence-electron chi connectivity index (χ2n) is 4.50. The quantitative estimate of drug-likeness (QED) is 0.832. The van der Waals surface area contributed by atoms with E-state index >= 15 is 0 Å². The maximum atomic E-state index is 10.2. The van der Waals surface area contributed by atoms with Crippen LogP contribution < -0.4 is 0 Å². The highest BCUT2D eigenvalue weighted by atomic mass is 32.2. The minimum absolute atomic E-state index is 0.405. The Morgan fingerprint density at radius 1 is 1.00 bits per heavy atom. The maximum absolute atomic E-state index is 10.2. The highest BCUT2D eigenvalue weighted by molar-refractivity contribution is 7.99. The lowest BCUT2D eigenvalue weighted by Gasteiger charge is -2.13. The largest absolute Gasteiger partial charge is 0.388 e. The fourth-order valence-electron chi connectivity index (χ4n) is 1.86. The van der Waals surface area contributed by atoms with Crippen LogP contribution in [0.15, 0.2) is 53.4 Å². The van der Waals surface area contributed by atoms with Gasteiger partial charge in [0.15, 0.2) is 0 Å². The van der Waals surface area contributed by atoms with Gasteiger partial charge >= 0.3 is 0 Å². The molecular formula is C16H18OS. The monoisotopic (exact) mass is 258 g/mol. The van der Waals surface area contributed by atoms with Gasteiger partial charge in [0.05, 0.1) is 6.10 Å². The standard InChI is InChI=1S/C16H18OS/c1-12-7-9-14(10-8-12)18-11-16(17)15-6-4-3-5-13(15)2/h3-10,16-17H,11H2,1-2H3. The Kier molecular flexibility index (Phi) is 4.45. The van der Waals surface area contributed by atoms with E-state index in [2.05, 4.69) is 31.2 Å². The summed E-state index contributed by atoms with van der Waals surface area (Å²) in [5.41, 5.74) is 3.44. The van der Waals surface area contributed by atoms with E-state index in [0.29, 0.717) is 5.75 Å². The van der Waals surface area contributed by atoms with Crippen molar-refractivity contribution >= 4 is 11.8 Å². The molecule has 2 heteroatoms. The molecule has 18 heavy (non-hydrogen) atoms. The highest BCUT2D eigenvalue weighted by Gasteiger charge is 2.10. The lowest BCUT2D eigenvalue weighted by atomic mass is 10.1. The average molecular weight is 258 g/mol. The van der Waals surface area contributed by atoms with Gasteiger partial charge in [-0.05, 0) is 37.1 Å². The van der Waals surface area contributed by atoms with Crippen molar-refractivity contribution in [3.05, 3.63) is 65.2 Å². The van der Waals surface area contributed by atoms with Gasteiger partial charge < -0.3 is 5.11 Å². The van der Waals surface area contributed by atoms with Gasteiger partial charge in [-0.15, -0.1) is 11.8 Å². The summed E-state index contributed by atoms with van der Waals surface area (Å²) in [6.45, 7) is 4.12. The molecular weight excluding hydrogens is 240 g/mol. The molecule has 1 atom stereocenters. The Balaban J connectivity index is 1.98. The minimum Gasteiger partial charge on any atom is -0.388 e. The van der Waals surface area contributed by atoms with Crippen molar-refractivity contribution in [1.82, 2.24) is 0 Å². The van der Waals surface area contributed by atoms with Crippen LogP contribution in [-0.4, -0.2) is 10.9 Å². The summed E-state index contributed by atoms with van der Waals surface area (Å²) in [4.78, 5) is 1.20. The number of hydrogen-bond acceptors (Lipinski definition) is 2. The molecule has 2 aromatic carbocycles. The zero-order valence-electron chi connectivity index (χ0n) is 10.8. The molecule has 2 aromatic rings. The van der Waals surface area contributed by atoms with Crippen LogP contribution in [0.4, 0.5) is 0 Å². The molecule has 1 nitrogen and oxygen atoms in total. The first-order valence-corrected chi connectivity index (χ1v) is 7.08. The molecule has 0 amide bonds. The van der Waals surface area contributed by atoms with Crippen LogP contribution in [0.25, 0.3) is 0 Å². The number of aliphatic hydroxyl groups is 1. The lowest BCUT2D eigenvalue weighted by Crippen LogP contribution is -2.02. The van der Waals surface area contributed by atoms with E-state index in [-0.39, 0.29) is 0 Å². The molecule has 0 bridgehead atoms. The van der Waals surface area contributed by atoms with Crippen LogP contribution in [0.1, 0.15) is 22.8 Å². The van der Waals surface area contributed by atoms with Gasteiger partial charge in [0.25, 0.3) is 0 Å². The number of hydrogen-bond donors (Lipinski definition) is 1. The molecule has 0 radical (unpaired) electrons. The number of thioether (sulfide) groups is 1. The van der Waals surface area contributed by atoms with E-state index in [1.165, 1.54) is 10.5 Å². The fourth-order valence-corrected chi connectivity index (χ4v) is 2.72. The summed E-state index contributed by atoms with van der Waals surface area (Å²) in [5, 5.41) is 10.2. The number of benzene rings is 2. The molecule has 0 saturated carbocycles. The molecule has 0 aliphatic rings. The van der Waals surface area contributed by atoms with Crippen molar-refractivity contribution in [2.24, 2.45) is 0 Å². The summed E-state index contributed by atoms with van der Waals surface area (Å²) in [5.74, 6) is 0.688. The van der Waals surface area contributed by atoms with Crippen LogP contribution >= 0.6 is 11.8 Å². The summed E-state index contributed by atoms with van der Waals surface area (Å²) in [6.07, 6.45) is -0.405. The van der Waals surface area contributed by atoms with Crippen LogP contribution in [-0.2, 0) is 0 Å². The van der Waals surface area contributed by atoms with Crippen molar-refractivity contribution in [2.75, 3.05) is 5.75 Å². The van der Waals surface area contributed by atoms with Crippen molar-refractivity contribution in [3.8, 4) is 0 Å². The van der Waals surface area contributed by atoms with Crippen LogP contribution in [0.2, 0.25) is 0 Å². The van der Waals surface area contributed by atoms with Gasteiger partial charge in [-0.25, -0.2) is 0 Å². The summed E-state index contributed by atoms with van der Waals surface area (Å²) < 4.78 is 0. The van der Waals surface area contributed by atoms with E-state index in [9.17, 15) is 5.11 Å². The Labute approximate surface area is 113 Å². The van der Waals surface area contributed by atoms with Gasteiger partial charge in [-0.3, -0.25) is 0 Å². The molecule has 1 unspecified atom stereocenters. The normalized spacial score (nSPS) is 12.4. The Morgan fingerprint density at radius 3 is 2.33 bits per heavy atom. The molecule has 0 saturated heterocycles. The predicted molar refractivity (Wildman–Crippen MR) is 78.0 cm³/mol. The molecule has 0 aromatic heterocycles. The molecule has 0 aliphatic carbocycles. The van der Waals surface area contributed by atoms with Crippen molar-refractivity contribution < 1.29 is 5.11 Å². The van der Waals surface area contributed by atoms with E-state index in [1.807, 2.05) is 31.2 Å². The molecule has 0 heterocycles. The predicted octanol–water partition coefficient (Wildman–Crippen LogP) is 4.13. The zero-order chi connectivity index (χ0) is 13.0. The van der Waals surface area contributed by atoms with Crippen molar-refractivity contribution in [2.45, 2.75) is 24.8 Å². The van der Waals surface area contributed by atoms with Crippen molar-refractivity contribution in [1.29, 1.82) is 0 Å². The fraction of sp³-hybridized carbons (Fsp3) is 0.250. The summed E-state index contributed by atoms with van der Waals surface area (Å²) in [6, 6.07) is 16.4. The average Bonchev–Trinajstić information content (AvgIpc) is 2.38. The van der Waals surface area contributed by atoms with E-state index < -0.39 is 6.10 Å². The Bertz CT molecular complexity index is 505. The smallest absolute Gasteiger partial charge is 0.0886 e. The zero-order valence-corrected chi connectivity index (χ0v) is 11.6. The molecule has 0 spiro atoms. The third-order valence-corrected chi connectivity index (χ3v) is 4.06. The van der Waals surface area contributed by atoms with Gasteiger partial charge in [0.1, 0.15) is 0 Å². The lowest BCUT2D eigenvalue weighted by molar-refractivity contribution is 0.203. The molecule has 94 valence electrons. The van der Waals surface area contributed by atoms with Crippen molar-refractivity contribution in [3.63, 3.8) is 0 Å². The van der Waals surface area contributed by atoms with E-state index in [4.69, 9.17) is 0 Å². The van der Waals surface area contributed by atoms with Gasteiger partial charge in [-0.1, -0.05) is 42.0 Å². The topological polar surface area (TPSA) is 20.2 Å². The molecule has 0 fully saturated rings. The Morgan fingerprint density at radius 2 is 1.67 bits per heavy atom. The van der Waals surface area contributed by atoms with Crippen LogP contribution in [0.5, 0.6) is 0 Å². The summed E-state index contributed by atoms with van der Waals surface area (Å²) >= 11 is 1.69. The van der Waals surface area contributed by atoms with E-state index in [1.54, 1.807) is 11.8 Å². The molecule has 0 aliphatic heterocycles. The van der Waals surface area contributed by atoms with Gasteiger partial charge in [0.2, 0.25) is 0 Å². The number of rotatable bonds is 4. The second kappa shape index (κ2) is 6.07. The van der Waals surface area contributed by atoms with Crippen LogP contribution in [0.3, 0.4) is 0 Å². The third kappa shape index (κ3) is 3.37. The first-order valence-electron chi connectivity index (χ1n) is 6.10. The van der Waals surface area contributed by atoms with E-state index in [0.717, 1.165) is 11.1 Å². The number of aliphatic hydroxyl groups excluding tert-OH is 1. The van der Waals surface area contributed by atoms with Gasteiger partial charge in [-0.2, -0.15) is 0 Å². The number of aryl methyl sites for hydroxylation is 2. The molecule has 2 rings (SSSR count). The van der Waals surface area contributed by atoms with Crippen LogP contribution in [0, 0.1) is 13.8 Å². The summed E-state index contributed by atoms with van der Waals surface area (Å²) in [7, 11) is 0. The molecule has 1 N–H and O–H groups in total. The minimum atomic E-state index is -0.405. The highest BCUT2D eigenvalue weighted by Crippen LogP contribution is 2.26. The third-order valence-electron chi connectivity index (χ3n) is 2.98. The second-order valence-corrected chi connectivity index (χ2v) is 5.59. The SMILES string of the molecule is Cc1ccc(SCC(O)c2ccccc2C)cc1. The first kappa shape index (κ1) is 13.2. The first-order chi connectivity index (χ1) is 8.66. The maximum Gasteiger partial charge on any atom is 0.0886 e.